The summed E-state index contributed by atoms with van der Waals surface area (Å²) in [5.74, 6) is -0.359. The summed E-state index contributed by atoms with van der Waals surface area (Å²) in [5, 5.41) is 9.04. The average Bonchev–Trinajstić information content (AvgIpc) is 2.85. The second kappa shape index (κ2) is 5.31. The Bertz CT molecular complexity index is 519. The lowest BCUT2D eigenvalue weighted by Crippen LogP contribution is -2.17. The molecule has 1 heterocycles. The fourth-order valence-electron chi connectivity index (χ4n) is 1.14. The lowest BCUT2D eigenvalue weighted by atomic mass is 10.2. The van der Waals surface area contributed by atoms with Gasteiger partial charge in [0, 0.05) is 5.38 Å². The van der Waals surface area contributed by atoms with Crippen molar-refractivity contribution in [2.75, 3.05) is 0 Å². The van der Waals surface area contributed by atoms with Crippen LogP contribution < -0.4 is 5.43 Å². The van der Waals surface area contributed by atoms with Crippen LogP contribution in [-0.4, -0.2) is 21.7 Å². The van der Waals surface area contributed by atoms with Crippen LogP contribution in [0, 0.1) is 6.92 Å². The van der Waals surface area contributed by atoms with E-state index in [-0.39, 0.29) is 11.6 Å². The van der Waals surface area contributed by atoms with E-state index in [1.54, 1.807) is 11.6 Å². The van der Waals surface area contributed by atoms with Crippen molar-refractivity contribution in [3.8, 4) is 0 Å². The molecule has 2 rings (SSSR count). The van der Waals surface area contributed by atoms with Crippen molar-refractivity contribution in [1.82, 2.24) is 15.0 Å². The number of benzene rings is 1. The first-order valence-electron chi connectivity index (χ1n) is 4.93. The van der Waals surface area contributed by atoms with E-state index in [0.29, 0.717) is 0 Å². The van der Waals surface area contributed by atoms with E-state index in [9.17, 15) is 4.79 Å². The monoisotopic (exact) mass is 246 g/mol. The Kier molecular flexibility index (Phi) is 3.56. The number of nitrogens with zero attached hydrogens (tertiary/aromatic N) is 3. The lowest BCUT2D eigenvalue weighted by molar-refractivity contribution is 0.0950. The SMILES string of the molecule is Cc1ccc(/C=N/NC(=O)c2csnn2)cc1. The highest BCUT2D eigenvalue weighted by molar-refractivity contribution is 7.03. The number of aromatic nitrogens is 2. The first kappa shape index (κ1) is 11.4. The van der Waals surface area contributed by atoms with E-state index in [2.05, 4.69) is 20.1 Å². The maximum absolute atomic E-state index is 11.4. The number of carbonyl (C=O) groups is 1. The molecular weight excluding hydrogens is 236 g/mol. The molecule has 0 atom stereocenters. The summed E-state index contributed by atoms with van der Waals surface area (Å²) in [7, 11) is 0. The number of hydrogen-bond donors (Lipinski definition) is 1. The van der Waals surface area contributed by atoms with E-state index in [4.69, 9.17) is 0 Å². The highest BCUT2D eigenvalue weighted by Gasteiger charge is 2.06. The molecule has 0 unspecified atom stereocenters. The van der Waals surface area contributed by atoms with Gasteiger partial charge in [-0.3, -0.25) is 4.79 Å². The second-order valence-electron chi connectivity index (χ2n) is 3.40. The summed E-state index contributed by atoms with van der Waals surface area (Å²) in [4.78, 5) is 11.4. The van der Waals surface area contributed by atoms with Crippen LogP contribution in [0.1, 0.15) is 21.6 Å². The Hall–Kier alpha value is -2.08. The van der Waals surface area contributed by atoms with Crippen molar-refractivity contribution in [2.45, 2.75) is 6.92 Å². The van der Waals surface area contributed by atoms with Crippen LogP contribution in [-0.2, 0) is 0 Å². The number of carbonyl (C=O) groups excluding carboxylic acids is 1. The van der Waals surface area contributed by atoms with E-state index < -0.39 is 0 Å². The number of nitrogens with one attached hydrogen (secondary N) is 1. The van der Waals surface area contributed by atoms with Gasteiger partial charge in [0.2, 0.25) is 0 Å². The van der Waals surface area contributed by atoms with Gasteiger partial charge in [0.25, 0.3) is 5.91 Å². The van der Waals surface area contributed by atoms with Gasteiger partial charge in [-0.15, -0.1) is 5.10 Å². The first-order valence-corrected chi connectivity index (χ1v) is 5.76. The maximum Gasteiger partial charge on any atom is 0.292 e. The third-order valence-corrected chi connectivity index (χ3v) is 2.55. The Morgan fingerprint density at radius 3 is 2.82 bits per heavy atom. The molecule has 0 aliphatic rings. The predicted octanol–water partition coefficient (Wildman–Crippen LogP) is 1.61. The number of hydrazone groups is 1. The third kappa shape index (κ3) is 3.18. The van der Waals surface area contributed by atoms with Crippen LogP contribution in [0.3, 0.4) is 0 Å². The quantitative estimate of drug-likeness (QED) is 0.661. The fourth-order valence-corrected chi connectivity index (χ4v) is 1.58. The van der Waals surface area contributed by atoms with Crippen molar-refractivity contribution in [3.05, 3.63) is 46.5 Å². The van der Waals surface area contributed by atoms with Crippen molar-refractivity contribution in [1.29, 1.82) is 0 Å². The van der Waals surface area contributed by atoms with Crippen molar-refractivity contribution >= 4 is 23.7 Å². The van der Waals surface area contributed by atoms with Crippen LogP contribution in [0.4, 0.5) is 0 Å². The highest BCUT2D eigenvalue weighted by Crippen LogP contribution is 2.00. The van der Waals surface area contributed by atoms with Gasteiger partial charge in [0.15, 0.2) is 5.69 Å². The van der Waals surface area contributed by atoms with Gasteiger partial charge in [-0.05, 0) is 24.0 Å². The first-order chi connectivity index (χ1) is 8.25. The van der Waals surface area contributed by atoms with Crippen LogP contribution in [0.2, 0.25) is 0 Å². The van der Waals surface area contributed by atoms with E-state index in [0.717, 1.165) is 17.1 Å². The van der Waals surface area contributed by atoms with Gasteiger partial charge in [0.05, 0.1) is 6.21 Å². The summed E-state index contributed by atoms with van der Waals surface area (Å²) in [6.07, 6.45) is 1.58. The number of amides is 1. The Balaban J connectivity index is 1.94. The standard InChI is InChI=1S/C11H10N4OS/c1-8-2-4-9(5-3-8)6-12-14-11(16)10-7-17-15-13-10/h2-7H,1H3,(H,14,16)/b12-6+. The maximum atomic E-state index is 11.4. The zero-order valence-electron chi connectivity index (χ0n) is 9.12. The van der Waals surface area contributed by atoms with E-state index in [1.807, 2.05) is 31.2 Å². The third-order valence-electron chi connectivity index (χ3n) is 2.05. The van der Waals surface area contributed by atoms with Gasteiger partial charge in [0.1, 0.15) is 0 Å². The molecule has 1 aromatic heterocycles. The van der Waals surface area contributed by atoms with Gasteiger partial charge >= 0.3 is 0 Å². The minimum absolute atomic E-state index is 0.274. The van der Waals surface area contributed by atoms with Gasteiger partial charge in [-0.2, -0.15) is 5.10 Å². The molecule has 0 radical (unpaired) electrons. The molecule has 1 amide bonds. The minimum Gasteiger partial charge on any atom is -0.265 e. The van der Waals surface area contributed by atoms with E-state index in [1.165, 1.54) is 5.56 Å². The zero-order chi connectivity index (χ0) is 12.1. The van der Waals surface area contributed by atoms with Crippen molar-refractivity contribution in [2.24, 2.45) is 5.10 Å². The van der Waals surface area contributed by atoms with Gasteiger partial charge in [-0.1, -0.05) is 34.3 Å². The Morgan fingerprint density at radius 1 is 1.41 bits per heavy atom. The van der Waals surface area contributed by atoms with E-state index >= 15 is 0 Å². The molecule has 0 aliphatic carbocycles. The lowest BCUT2D eigenvalue weighted by Gasteiger charge is -1.95. The molecule has 1 N–H and O–H groups in total. The smallest absolute Gasteiger partial charge is 0.265 e. The molecular formula is C11H10N4OS. The van der Waals surface area contributed by atoms with Crippen LogP contribution >= 0.6 is 11.5 Å². The van der Waals surface area contributed by atoms with Crippen LogP contribution in [0.25, 0.3) is 0 Å². The number of hydrogen-bond acceptors (Lipinski definition) is 5. The summed E-state index contributed by atoms with van der Waals surface area (Å²) in [5.41, 5.74) is 4.76. The number of rotatable bonds is 3. The molecule has 0 bridgehead atoms. The molecule has 0 saturated heterocycles. The molecule has 0 aliphatic heterocycles. The van der Waals surface area contributed by atoms with Crippen molar-refractivity contribution in [3.63, 3.8) is 0 Å². The Morgan fingerprint density at radius 2 is 2.18 bits per heavy atom. The van der Waals surface area contributed by atoms with Crippen LogP contribution in [0.5, 0.6) is 0 Å². The molecule has 0 fully saturated rings. The average molecular weight is 246 g/mol. The fraction of sp³-hybridized carbons (Fsp3) is 0.0909. The normalized spacial score (nSPS) is 10.6. The highest BCUT2D eigenvalue weighted by atomic mass is 32.1. The second-order valence-corrected chi connectivity index (χ2v) is 4.01. The van der Waals surface area contributed by atoms with Crippen molar-refractivity contribution < 1.29 is 4.79 Å². The van der Waals surface area contributed by atoms with Gasteiger partial charge in [-0.25, -0.2) is 5.43 Å². The largest absolute Gasteiger partial charge is 0.292 e. The Labute approximate surface area is 102 Å². The topological polar surface area (TPSA) is 67.2 Å². The summed E-state index contributed by atoms with van der Waals surface area (Å²) < 4.78 is 3.60. The molecule has 2 aromatic rings. The molecule has 5 nitrogen and oxygen atoms in total. The molecule has 86 valence electrons. The molecule has 6 heteroatoms. The molecule has 1 aromatic carbocycles. The summed E-state index contributed by atoms with van der Waals surface area (Å²) in [6, 6.07) is 7.81. The van der Waals surface area contributed by atoms with Crippen LogP contribution in [0.15, 0.2) is 34.7 Å². The summed E-state index contributed by atoms with van der Waals surface area (Å²) >= 11 is 1.13. The predicted molar refractivity (Wildman–Crippen MR) is 66.1 cm³/mol. The van der Waals surface area contributed by atoms with Gasteiger partial charge < -0.3 is 0 Å². The summed E-state index contributed by atoms with van der Waals surface area (Å²) in [6.45, 7) is 2.01. The molecule has 0 spiro atoms. The molecule has 0 saturated carbocycles. The minimum atomic E-state index is -0.359. The molecule has 17 heavy (non-hydrogen) atoms. The zero-order valence-corrected chi connectivity index (χ0v) is 9.94. The number of aryl methyl sites for hydroxylation is 1.